The van der Waals surface area contributed by atoms with Crippen LogP contribution in [0.3, 0.4) is 0 Å². The summed E-state index contributed by atoms with van der Waals surface area (Å²) in [4.78, 5) is 9.64. The summed E-state index contributed by atoms with van der Waals surface area (Å²) in [6, 6.07) is 5.08. The molecule has 4 nitrogen and oxygen atoms in total. The molecular formula is C17H30N4. The van der Waals surface area contributed by atoms with Gasteiger partial charge in [-0.05, 0) is 38.1 Å². The lowest BCUT2D eigenvalue weighted by Crippen LogP contribution is -2.50. The van der Waals surface area contributed by atoms with Gasteiger partial charge in [-0.3, -0.25) is 9.88 Å². The van der Waals surface area contributed by atoms with Crippen molar-refractivity contribution in [1.29, 1.82) is 0 Å². The first-order valence-corrected chi connectivity index (χ1v) is 8.30. The standard InChI is InChI=1S/C17H30N4/c1-4-8-18-11-15-6-7-16(19-12-15)13-21-10-9-20(3)17(5-2)14-21/h6-7,12,17-18H,4-5,8-11,13-14H2,1-3H3. The van der Waals surface area contributed by atoms with Gasteiger partial charge in [0.05, 0.1) is 5.69 Å². The molecule has 0 bridgehead atoms. The maximum atomic E-state index is 4.63. The van der Waals surface area contributed by atoms with Crippen LogP contribution in [-0.2, 0) is 13.1 Å². The van der Waals surface area contributed by atoms with E-state index in [1.165, 1.54) is 24.1 Å². The lowest BCUT2D eigenvalue weighted by molar-refractivity contribution is 0.0875. The summed E-state index contributed by atoms with van der Waals surface area (Å²) in [5.41, 5.74) is 2.46. The minimum absolute atomic E-state index is 0.691. The monoisotopic (exact) mass is 290 g/mol. The van der Waals surface area contributed by atoms with Crippen LogP contribution in [0.2, 0.25) is 0 Å². The minimum Gasteiger partial charge on any atom is -0.313 e. The molecule has 4 heteroatoms. The molecule has 1 fully saturated rings. The van der Waals surface area contributed by atoms with E-state index in [0.717, 1.165) is 39.3 Å². The Morgan fingerprint density at radius 1 is 1.29 bits per heavy atom. The van der Waals surface area contributed by atoms with Gasteiger partial charge in [0.15, 0.2) is 0 Å². The number of hydrogen-bond acceptors (Lipinski definition) is 4. The fourth-order valence-corrected chi connectivity index (χ4v) is 2.89. The van der Waals surface area contributed by atoms with Gasteiger partial charge in [-0.2, -0.15) is 0 Å². The zero-order chi connectivity index (χ0) is 15.1. The molecule has 0 radical (unpaired) electrons. The first kappa shape index (κ1) is 16.4. The third-order valence-electron chi connectivity index (χ3n) is 4.36. The molecule has 0 aliphatic carbocycles. The van der Waals surface area contributed by atoms with Gasteiger partial charge in [-0.15, -0.1) is 0 Å². The Hall–Kier alpha value is -0.970. The summed E-state index contributed by atoms with van der Waals surface area (Å²) in [5.74, 6) is 0. The van der Waals surface area contributed by atoms with Gasteiger partial charge in [0.1, 0.15) is 0 Å². The Morgan fingerprint density at radius 2 is 2.14 bits per heavy atom. The molecule has 1 unspecified atom stereocenters. The SMILES string of the molecule is CCCNCc1ccc(CN2CCN(C)C(CC)C2)nc1. The lowest BCUT2D eigenvalue weighted by atomic mass is 10.1. The Morgan fingerprint density at radius 3 is 2.81 bits per heavy atom. The number of likely N-dealkylation sites (N-methyl/N-ethyl adjacent to an activating group) is 1. The number of hydrogen-bond donors (Lipinski definition) is 1. The molecule has 1 saturated heterocycles. The first-order chi connectivity index (χ1) is 10.2. The third-order valence-corrected chi connectivity index (χ3v) is 4.36. The van der Waals surface area contributed by atoms with Crippen molar-refractivity contribution in [3.63, 3.8) is 0 Å². The number of piperazine rings is 1. The summed E-state index contributed by atoms with van der Waals surface area (Å²) in [6.07, 6.45) is 4.42. The second-order valence-electron chi connectivity index (χ2n) is 6.11. The Kier molecular flexibility index (Phi) is 6.61. The Bertz CT molecular complexity index is 404. The highest BCUT2D eigenvalue weighted by atomic mass is 15.3. The number of nitrogens with one attached hydrogen (secondary N) is 1. The summed E-state index contributed by atoms with van der Waals surface area (Å²) in [6.45, 7) is 10.9. The molecule has 0 aromatic carbocycles. The van der Waals surface area contributed by atoms with Crippen molar-refractivity contribution in [2.45, 2.75) is 45.8 Å². The van der Waals surface area contributed by atoms with Crippen molar-refractivity contribution in [3.05, 3.63) is 29.6 Å². The summed E-state index contributed by atoms with van der Waals surface area (Å²) in [7, 11) is 2.24. The molecule has 1 atom stereocenters. The quantitative estimate of drug-likeness (QED) is 0.779. The fraction of sp³-hybridized carbons (Fsp3) is 0.706. The van der Waals surface area contributed by atoms with E-state index >= 15 is 0 Å². The smallest absolute Gasteiger partial charge is 0.0544 e. The molecule has 118 valence electrons. The van der Waals surface area contributed by atoms with Gasteiger partial charge in [0.2, 0.25) is 0 Å². The summed E-state index contributed by atoms with van der Waals surface area (Å²) in [5, 5.41) is 3.41. The van der Waals surface area contributed by atoms with E-state index in [-0.39, 0.29) is 0 Å². The molecular weight excluding hydrogens is 260 g/mol. The van der Waals surface area contributed by atoms with E-state index in [1.54, 1.807) is 0 Å². The highest BCUT2D eigenvalue weighted by molar-refractivity contribution is 5.14. The average Bonchev–Trinajstić information content (AvgIpc) is 2.51. The second-order valence-corrected chi connectivity index (χ2v) is 6.11. The number of aromatic nitrogens is 1. The summed E-state index contributed by atoms with van der Waals surface area (Å²) < 4.78 is 0. The Balaban J connectivity index is 1.82. The van der Waals surface area contributed by atoms with Crippen molar-refractivity contribution in [3.8, 4) is 0 Å². The van der Waals surface area contributed by atoms with E-state index in [9.17, 15) is 0 Å². The second kappa shape index (κ2) is 8.47. The molecule has 1 aliphatic heterocycles. The van der Waals surface area contributed by atoms with Crippen LogP contribution < -0.4 is 5.32 Å². The molecule has 1 aromatic heterocycles. The van der Waals surface area contributed by atoms with Crippen LogP contribution in [0.5, 0.6) is 0 Å². The zero-order valence-electron chi connectivity index (χ0n) is 13.8. The molecule has 1 aliphatic rings. The maximum absolute atomic E-state index is 4.63. The highest BCUT2D eigenvalue weighted by Crippen LogP contribution is 2.13. The molecule has 0 amide bonds. The van der Waals surface area contributed by atoms with Gasteiger partial charge in [-0.1, -0.05) is 19.9 Å². The van der Waals surface area contributed by atoms with Crippen LogP contribution >= 0.6 is 0 Å². The topological polar surface area (TPSA) is 31.4 Å². The van der Waals surface area contributed by atoms with Crippen LogP contribution in [0.1, 0.15) is 37.9 Å². The largest absolute Gasteiger partial charge is 0.313 e. The molecule has 0 saturated carbocycles. The molecule has 1 N–H and O–H groups in total. The van der Waals surface area contributed by atoms with Crippen LogP contribution in [-0.4, -0.2) is 54.1 Å². The molecule has 2 rings (SSSR count). The average molecular weight is 290 g/mol. The minimum atomic E-state index is 0.691. The first-order valence-electron chi connectivity index (χ1n) is 8.30. The predicted octanol–water partition coefficient (Wildman–Crippen LogP) is 2.11. The van der Waals surface area contributed by atoms with Gasteiger partial charge < -0.3 is 10.2 Å². The molecule has 2 heterocycles. The predicted molar refractivity (Wildman–Crippen MR) is 88.2 cm³/mol. The van der Waals surface area contributed by atoms with Crippen molar-refractivity contribution in [2.75, 3.05) is 33.2 Å². The van der Waals surface area contributed by atoms with E-state index in [4.69, 9.17) is 0 Å². The zero-order valence-corrected chi connectivity index (χ0v) is 13.8. The van der Waals surface area contributed by atoms with Crippen molar-refractivity contribution in [2.24, 2.45) is 0 Å². The molecule has 21 heavy (non-hydrogen) atoms. The van der Waals surface area contributed by atoms with Crippen LogP contribution in [0, 0.1) is 0 Å². The van der Waals surface area contributed by atoms with Crippen molar-refractivity contribution < 1.29 is 0 Å². The third kappa shape index (κ3) is 5.06. The van der Waals surface area contributed by atoms with E-state index < -0.39 is 0 Å². The van der Waals surface area contributed by atoms with Crippen molar-refractivity contribution >= 4 is 0 Å². The van der Waals surface area contributed by atoms with Gasteiger partial charge in [0.25, 0.3) is 0 Å². The number of pyridine rings is 1. The fourth-order valence-electron chi connectivity index (χ4n) is 2.89. The van der Waals surface area contributed by atoms with E-state index in [2.05, 4.69) is 53.1 Å². The van der Waals surface area contributed by atoms with E-state index in [1.807, 2.05) is 6.20 Å². The number of nitrogens with zero attached hydrogens (tertiary/aromatic N) is 3. The molecule has 1 aromatic rings. The maximum Gasteiger partial charge on any atom is 0.0544 e. The van der Waals surface area contributed by atoms with Gasteiger partial charge in [0, 0.05) is 45.0 Å². The van der Waals surface area contributed by atoms with Gasteiger partial charge >= 0.3 is 0 Å². The normalized spacial score (nSPS) is 20.8. The molecule has 0 spiro atoms. The number of rotatable bonds is 7. The highest BCUT2D eigenvalue weighted by Gasteiger charge is 2.22. The lowest BCUT2D eigenvalue weighted by Gasteiger charge is -2.39. The van der Waals surface area contributed by atoms with Crippen molar-refractivity contribution in [1.82, 2.24) is 20.1 Å². The van der Waals surface area contributed by atoms with Crippen LogP contribution in [0.15, 0.2) is 18.3 Å². The van der Waals surface area contributed by atoms with Gasteiger partial charge in [-0.25, -0.2) is 0 Å². The Labute approximate surface area is 129 Å². The van der Waals surface area contributed by atoms with Crippen LogP contribution in [0.4, 0.5) is 0 Å². The van der Waals surface area contributed by atoms with Crippen LogP contribution in [0.25, 0.3) is 0 Å². The summed E-state index contributed by atoms with van der Waals surface area (Å²) >= 11 is 0. The van der Waals surface area contributed by atoms with E-state index in [0.29, 0.717) is 6.04 Å².